The Labute approximate surface area is 111 Å². The predicted octanol–water partition coefficient (Wildman–Crippen LogP) is 2.61. The zero-order valence-electron chi connectivity index (χ0n) is 9.67. The molecule has 0 amide bonds. The number of nitrogens with two attached hydrogens (primary N) is 1. The lowest BCUT2D eigenvalue weighted by molar-refractivity contribution is 0.276. The quantitative estimate of drug-likeness (QED) is 0.829. The molecule has 2 aromatic carbocycles. The zero-order chi connectivity index (χ0) is 13.0. The van der Waals surface area contributed by atoms with Crippen molar-refractivity contribution in [3.8, 4) is 11.5 Å². The highest BCUT2D eigenvalue weighted by Crippen LogP contribution is 2.27. The summed E-state index contributed by atoms with van der Waals surface area (Å²) in [7, 11) is 0. The van der Waals surface area contributed by atoms with E-state index in [4.69, 9.17) is 22.7 Å². The Morgan fingerprint density at radius 2 is 1.67 bits per heavy atom. The molecule has 0 saturated heterocycles. The summed E-state index contributed by atoms with van der Waals surface area (Å²) >= 11 is 4.98. The van der Waals surface area contributed by atoms with E-state index in [1.807, 2.05) is 24.3 Å². The van der Waals surface area contributed by atoms with Gasteiger partial charge in [0.15, 0.2) is 0 Å². The van der Waals surface area contributed by atoms with Crippen molar-refractivity contribution in [2.24, 2.45) is 5.73 Å². The molecule has 4 heteroatoms. The third-order valence-electron chi connectivity index (χ3n) is 2.52. The van der Waals surface area contributed by atoms with E-state index in [0.717, 1.165) is 5.56 Å². The lowest BCUT2D eigenvalue weighted by atomic mass is 10.2. The largest absolute Gasteiger partial charge is 0.456 e. The first-order valence-electron chi connectivity index (χ1n) is 5.48. The van der Waals surface area contributed by atoms with Gasteiger partial charge in [0, 0.05) is 5.56 Å². The molecule has 2 aromatic rings. The van der Waals surface area contributed by atoms with Crippen molar-refractivity contribution in [1.82, 2.24) is 0 Å². The standard InChI is InChI=1S/C14H13NO2S/c15-14(18)11-6-2-4-8-13(11)17-12-7-3-1-5-10(12)9-16/h1-8,16H,9H2,(H2,15,18). The van der Waals surface area contributed by atoms with Crippen LogP contribution in [0.5, 0.6) is 11.5 Å². The highest BCUT2D eigenvalue weighted by Gasteiger charge is 2.08. The van der Waals surface area contributed by atoms with Gasteiger partial charge in [0.1, 0.15) is 16.5 Å². The summed E-state index contributed by atoms with van der Waals surface area (Å²) < 4.78 is 5.77. The number of aliphatic hydroxyl groups is 1. The highest BCUT2D eigenvalue weighted by molar-refractivity contribution is 7.80. The van der Waals surface area contributed by atoms with Crippen LogP contribution in [0.3, 0.4) is 0 Å². The topological polar surface area (TPSA) is 55.5 Å². The van der Waals surface area contributed by atoms with Crippen molar-refractivity contribution in [3.05, 3.63) is 59.7 Å². The van der Waals surface area contributed by atoms with Crippen molar-refractivity contribution >= 4 is 17.2 Å². The molecule has 0 bridgehead atoms. The summed E-state index contributed by atoms with van der Waals surface area (Å²) in [5, 5.41) is 9.24. The molecule has 0 unspecified atom stereocenters. The fourth-order valence-corrected chi connectivity index (χ4v) is 1.78. The molecule has 0 aromatic heterocycles. The summed E-state index contributed by atoms with van der Waals surface area (Å²) in [6.07, 6.45) is 0. The van der Waals surface area contributed by atoms with Crippen molar-refractivity contribution < 1.29 is 9.84 Å². The van der Waals surface area contributed by atoms with Gasteiger partial charge in [-0.25, -0.2) is 0 Å². The van der Waals surface area contributed by atoms with Gasteiger partial charge in [0.25, 0.3) is 0 Å². The number of para-hydroxylation sites is 2. The molecule has 3 nitrogen and oxygen atoms in total. The summed E-state index contributed by atoms with van der Waals surface area (Å²) in [5.74, 6) is 1.19. The SMILES string of the molecule is NC(=S)c1ccccc1Oc1ccccc1CO. The van der Waals surface area contributed by atoms with Gasteiger partial charge in [-0.2, -0.15) is 0 Å². The first-order chi connectivity index (χ1) is 8.72. The Bertz CT molecular complexity index is 569. The maximum absolute atomic E-state index is 9.24. The van der Waals surface area contributed by atoms with Crippen LogP contribution in [0.2, 0.25) is 0 Å². The Balaban J connectivity index is 2.37. The van der Waals surface area contributed by atoms with Crippen molar-refractivity contribution in [1.29, 1.82) is 0 Å². The Hall–Kier alpha value is -1.91. The lowest BCUT2D eigenvalue weighted by Crippen LogP contribution is -2.10. The molecule has 18 heavy (non-hydrogen) atoms. The number of aliphatic hydroxyl groups excluding tert-OH is 1. The van der Waals surface area contributed by atoms with Crippen LogP contribution in [0.15, 0.2) is 48.5 Å². The molecule has 0 radical (unpaired) electrons. The Morgan fingerprint density at radius 1 is 1.06 bits per heavy atom. The number of hydrogen-bond donors (Lipinski definition) is 2. The van der Waals surface area contributed by atoms with Gasteiger partial charge in [0.2, 0.25) is 0 Å². The van der Waals surface area contributed by atoms with E-state index < -0.39 is 0 Å². The van der Waals surface area contributed by atoms with Crippen molar-refractivity contribution in [3.63, 3.8) is 0 Å². The first-order valence-corrected chi connectivity index (χ1v) is 5.88. The first kappa shape index (κ1) is 12.5. The third-order valence-corrected chi connectivity index (χ3v) is 2.74. The molecule has 3 N–H and O–H groups in total. The summed E-state index contributed by atoms with van der Waals surface area (Å²) in [6.45, 7) is -0.0780. The van der Waals surface area contributed by atoms with Crippen LogP contribution in [0.1, 0.15) is 11.1 Å². The molecule has 0 fully saturated rings. The maximum atomic E-state index is 9.24. The second-order valence-corrected chi connectivity index (χ2v) is 4.17. The molecule has 0 aliphatic carbocycles. The van der Waals surface area contributed by atoms with Gasteiger partial charge in [-0.3, -0.25) is 0 Å². The molecule has 0 heterocycles. The Morgan fingerprint density at radius 3 is 2.33 bits per heavy atom. The minimum absolute atomic E-state index is 0.0780. The highest BCUT2D eigenvalue weighted by atomic mass is 32.1. The molecule has 0 aliphatic heterocycles. The maximum Gasteiger partial charge on any atom is 0.137 e. The molecule has 0 spiro atoms. The van der Waals surface area contributed by atoms with Crippen LogP contribution in [0.25, 0.3) is 0 Å². The minimum atomic E-state index is -0.0780. The average molecular weight is 259 g/mol. The number of thiocarbonyl (C=S) groups is 1. The van der Waals surface area contributed by atoms with Crippen LogP contribution in [0, 0.1) is 0 Å². The van der Waals surface area contributed by atoms with Gasteiger partial charge in [-0.1, -0.05) is 42.5 Å². The molecule has 0 atom stereocenters. The predicted molar refractivity (Wildman–Crippen MR) is 74.8 cm³/mol. The Kier molecular flexibility index (Phi) is 3.92. The smallest absolute Gasteiger partial charge is 0.137 e. The van der Waals surface area contributed by atoms with E-state index in [9.17, 15) is 5.11 Å². The fourth-order valence-electron chi connectivity index (χ4n) is 1.61. The van der Waals surface area contributed by atoms with Crippen LogP contribution < -0.4 is 10.5 Å². The van der Waals surface area contributed by atoms with E-state index in [1.54, 1.807) is 24.3 Å². The second-order valence-electron chi connectivity index (χ2n) is 3.73. The molecule has 2 rings (SSSR count). The van der Waals surface area contributed by atoms with Gasteiger partial charge in [0.05, 0.1) is 12.2 Å². The molecular weight excluding hydrogens is 246 g/mol. The van der Waals surface area contributed by atoms with E-state index in [1.165, 1.54) is 0 Å². The van der Waals surface area contributed by atoms with E-state index in [0.29, 0.717) is 17.1 Å². The van der Waals surface area contributed by atoms with Gasteiger partial charge in [-0.15, -0.1) is 0 Å². The summed E-state index contributed by atoms with van der Waals surface area (Å²) in [6, 6.07) is 14.6. The number of hydrogen-bond acceptors (Lipinski definition) is 3. The van der Waals surface area contributed by atoms with Crippen LogP contribution in [-0.4, -0.2) is 10.1 Å². The molecule has 92 valence electrons. The monoisotopic (exact) mass is 259 g/mol. The van der Waals surface area contributed by atoms with Crippen LogP contribution in [0.4, 0.5) is 0 Å². The summed E-state index contributed by atoms with van der Waals surface area (Å²) in [4.78, 5) is 0.284. The van der Waals surface area contributed by atoms with Crippen molar-refractivity contribution in [2.45, 2.75) is 6.61 Å². The van der Waals surface area contributed by atoms with Gasteiger partial charge in [-0.05, 0) is 18.2 Å². The number of benzene rings is 2. The fraction of sp³-hybridized carbons (Fsp3) is 0.0714. The molecular formula is C14H13NO2S. The molecule has 0 saturated carbocycles. The van der Waals surface area contributed by atoms with Crippen LogP contribution in [-0.2, 0) is 6.61 Å². The van der Waals surface area contributed by atoms with Crippen LogP contribution >= 0.6 is 12.2 Å². The van der Waals surface area contributed by atoms with E-state index in [-0.39, 0.29) is 11.6 Å². The van der Waals surface area contributed by atoms with Crippen molar-refractivity contribution in [2.75, 3.05) is 0 Å². The number of rotatable bonds is 4. The normalized spacial score (nSPS) is 10.1. The summed E-state index contributed by atoms with van der Waals surface area (Å²) in [5.41, 5.74) is 7.04. The van der Waals surface area contributed by atoms with Gasteiger partial charge < -0.3 is 15.6 Å². The molecule has 0 aliphatic rings. The van der Waals surface area contributed by atoms with Gasteiger partial charge >= 0.3 is 0 Å². The number of ether oxygens (including phenoxy) is 1. The van der Waals surface area contributed by atoms with E-state index in [2.05, 4.69) is 0 Å². The minimum Gasteiger partial charge on any atom is -0.456 e. The lowest BCUT2D eigenvalue weighted by Gasteiger charge is -2.12. The second kappa shape index (κ2) is 5.62. The zero-order valence-corrected chi connectivity index (χ0v) is 10.5. The van der Waals surface area contributed by atoms with E-state index >= 15 is 0 Å². The third kappa shape index (κ3) is 2.67. The average Bonchev–Trinajstić information content (AvgIpc) is 2.40.